The fraction of sp³-hybridized carbons (Fsp3) is 0.150. The number of nitrogens with zero attached hydrogens (tertiary/aromatic N) is 2. The molecule has 0 radical (unpaired) electrons. The maximum absolute atomic E-state index is 14.1. The molecule has 0 aliphatic carbocycles. The summed E-state index contributed by atoms with van der Waals surface area (Å²) < 4.78 is 12.1. The maximum Gasteiger partial charge on any atom is 0.265 e. The van der Waals surface area contributed by atoms with Crippen molar-refractivity contribution in [3.05, 3.63) is 145 Å². The van der Waals surface area contributed by atoms with Gasteiger partial charge in [0.25, 0.3) is 11.8 Å². The number of para-hydroxylation sites is 2. The standard InChI is InChI=1S/C40H34N2O4/c1-28-23-38(42(33-15-3-2-4-16-33)40(44)27-46-35-22-20-30-12-6-8-14-32(30)25-35)36-17-9-10-18-37(36)41(28)39(43)26-45-34-21-19-29-11-5-7-13-31(29)24-34/h2-22,24-25,28,38H,23,26-27H2,1H3/t28-,38-/m0/s1. The van der Waals surface area contributed by atoms with Crippen molar-refractivity contribution in [1.82, 2.24) is 0 Å². The van der Waals surface area contributed by atoms with Gasteiger partial charge in [-0.1, -0.05) is 97.1 Å². The first kappa shape index (κ1) is 29.1. The molecule has 6 nitrogen and oxygen atoms in total. The zero-order valence-electron chi connectivity index (χ0n) is 25.6. The van der Waals surface area contributed by atoms with Gasteiger partial charge in [0.05, 0.1) is 6.04 Å². The number of rotatable bonds is 8. The number of carbonyl (C=O) groups is 2. The van der Waals surface area contributed by atoms with Crippen LogP contribution >= 0.6 is 0 Å². The van der Waals surface area contributed by atoms with Crippen molar-refractivity contribution in [2.45, 2.75) is 25.4 Å². The van der Waals surface area contributed by atoms with Crippen LogP contribution < -0.4 is 19.3 Å². The summed E-state index contributed by atoms with van der Waals surface area (Å²) in [7, 11) is 0. The van der Waals surface area contributed by atoms with Gasteiger partial charge < -0.3 is 19.3 Å². The lowest BCUT2D eigenvalue weighted by Crippen LogP contribution is -2.49. The van der Waals surface area contributed by atoms with Crippen LogP contribution in [-0.2, 0) is 9.59 Å². The first-order chi connectivity index (χ1) is 22.5. The molecule has 0 N–H and O–H groups in total. The number of hydrogen-bond acceptors (Lipinski definition) is 4. The fourth-order valence-electron chi connectivity index (χ4n) is 6.44. The molecule has 0 aromatic heterocycles. The topological polar surface area (TPSA) is 59.1 Å². The third kappa shape index (κ3) is 5.89. The van der Waals surface area contributed by atoms with Crippen molar-refractivity contribution in [3.8, 4) is 11.5 Å². The molecule has 1 aliphatic heterocycles. The molecule has 228 valence electrons. The Morgan fingerprint density at radius 2 is 1.20 bits per heavy atom. The summed E-state index contributed by atoms with van der Waals surface area (Å²) in [6.45, 7) is 1.81. The molecule has 0 saturated heterocycles. The van der Waals surface area contributed by atoms with E-state index in [-0.39, 0.29) is 37.1 Å². The van der Waals surface area contributed by atoms with E-state index in [0.29, 0.717) is 17.9 Å². The van der Waals surface area contributed by atoms with Gasteiger partial charge in [-0.25, -0.2) is 0 Å². The van der Waals surface area contributed by atoms with Crippen LogP contribution in [0.15, 0.2) is 140 Å². The number of benzene rings is 6. The van der Waals surface area contributed by atoms with Gasteiger partial charge in [0.2, 0.25) is 0 Å². The first-order valence-electron chi connectivity index (χ1n) is 15.6. The zero-order valence-corrected chi connectivity index (χ0v) is 25.6. The van der Waals surface area contributed by atoms with E-state index in [1.54, 1.807) is 0 Å². The Morgan fingerprint density at radius 3 is 1.85 bits per heavy atom. The highest BCUT2D eigenvalue weighted by atomic mass is 16.5. The number of ether oxygens (including phenoxy) is 2. The van der Waals surface area contributed by atoms with Gasteiger partial charge in [0.1, 0.15) is 11.5 Å². The Bertz CT molecular complexity index is 2030. The van der Waals surface area contributed by atoms with Crippen molar-refractivity contribution in [3.63, 3.8) is 0 Å². The van der Waals surface area contributed by atoms with Crippen LogP contribution in [0.5, 0.6) is 11.5 Å². The highest BCUT2D eigenvalue weighted by molar-refractivity contribution is 5.99. The molecule has 0 fully saturated rings. The minimum Gasteiger partial charge on any atom is -0.484 e. The molecule has 1 heterocycles. The molecule has 7 rings (SSSR count). The minimum atomic E-state index is -0.299. The summed E-state index contributed by atoms with van der Waals surface area (Å²) in [6, 6.07) is 44.8. The van der Waals surface area contributed by atoms with Crippen LogP contribution in [0.3, 0.4) is 0 Å². The van der Waals surface area contributed by atoms with Crippen LogP contribution in [0.1, 0.15) is 24.9 Å². The molecule has 46 heavy (non-hydrogen) atoms. The molecule has 2 amide bonds. The number of anilines is 2. The van der Waals surface area contributed by atoms with E-state index in [1.807, 2.05) is 156 Å². The fourth-order valence-corrected chi connectivity index (χ4v) is 6.44. The average molecular weight is 607 g/mol. The summed E-state index contributed by atoms with van der Waals surface area (Å²) in [4.78, 5) is 31.4. The molecular weight excluding hydrogens is 572 g/mol. The Labute approximate surface area is 268 Å². The second kappa shape index (κ2) is 12.8. The molecule has 0 unspecified atom stereocenters. The van der Waals surface area contributed by atoms with Gasteiger partial charge in [-0.05, 0) is 82.9 Å². The normalized spacial score (nSPS) is 15.7. The van der Waals surface area contributed by atoms with E-state index in [9.17, 15) is 9.59 Å². The Morgan fingerprint density at radius 1 is 0.652 bits per heavy atom. The zero-order chi connectivity index (χ0) is 31.5. The number of carbonyl (C=O) groups excluding carboxylic acids is 2. The van der Waals surface area contributed by atoms with E-state index in [0.717, 1.165) is 38.5 Å². The quantitative estimate of drug-likeness (QED) is 0.175. The summed E-state index contributed by atoms with van der Waals surface area (Å²) in [5.41, 5.74) is 2.46. The monoisotopic (exact) mass is 606 g/mol. The van der Waals surface area contributed by atoms with Gasteiger partial charge in [0, 0.05) is 17.4 Å². The lowest BCUT2D eigenvalue weighted by atomic mass is 9.90. The first-order valence-corrected chi connectivity index (χ1v) is 15.6. The van der Waals surface area contributed by atoms with E-state index in [2.05, 4.69) is 0 Å². The van der Waals surface area contributed by atoms with Gasteiger partial charge in [-0.3, -0.25) is 9.59 Å². The van der Waals surface area contributed by atoms with Crippen LogP contribution in [-0.4, -0.2) is 31.1 Å². The SMILES string of the molecule is C[C@H]1C[C@H](N(C(=O)COc2ccc3ccccc3c2)c2ccccc2)c2ccccc2N1C(=O)COc1ccc2ccccc2c1. The number of hydrogen-bond donors (Lipinski definition) is 0. The number of amides is 2. The molecule has 0 bridgehead atoms. The van der Waals surface area contributed by atoms with E-state index in [4.69, 9.17) is 9.47 Å². The molecule has 2 atom stereocenters. The van der Waals surface area contributed by atoms with Crippen molar-refractivity contribution < 1.29 is 19.1 Å². The molecule has 0 spiro atoms. The summed E-state index contributed by atoms with van der Waals surface area (Å²) >= 11 is 0. The smallest absolute Gasteiger partial charge is 0.265 e. The Balaban J connectivity index is 1.14. The third-order valence-corrected chi connectivity index (χ3v) is 8.61. The highest BCUT2D eigenvalue weighted by Gasteiger charge is 2.38. The van der Waals surface area contributed by atoms with Crippen LogP contribution in [0.4, 0.5) is 11.4 Å². The van der Waals surface area contributed by atoms with E-state index < -0.39 is 0 Å². The van der Waals surface area contributed by atoms with Gasteiger partial charge in [-0.2, -0.15) is 0 Å². The minimum absolute atomic E-state index is 0.0946. The second-order valence-corrected chi connectivity index (χ2v) is 11.6. The predicted octanol–water partition coefficient (Wildman–Crippen LogP) is 8.35. The lowest BCUT2D eigenvalue weighted by molar-refractivity contribution is -0.121. The second-order valence-electron chi connectivity index (χ2n) is 11.6. The van der Waals surface area contributed by atoms with E-state index >= 15 is 0 Å². The average Bonchev–Trinajstić information content (AvgIpc) is 3.10. The summed E-state index contributed by atoms with van der Waals surface area (Å²) in [5, 5.41) is 4.34. The van der Waals surface area contributed by atoms with Crippen molar-refractivity contribution >= 4 is 44.7 Å². The van der Waals surface area contributed by atoms with Gasteiger partial charge in [-0.15, -0.1) is 0 Å². The van der Waals surface area contributed by atoms with Crippen molar-refractivity contribution in [2.75, 3.05) is 23.0 Å². The molecule has 6 aromatic rings. The third-order valence-electron chi connectivity index (χ3n) is 8.61. The summed E-state index contributed by atoms with van der Waals surface area (Å²) in [5.74, 6) is 0.991. The van der Waals surface area contributed by atoms with Gasteiger partial charge >= 0.3 is 0 Å². The summed E-state index contributed by atoms with van der Waals surface area (Å²) in [6.07, 6.45) is 0.551. The molecule has 0 saturated carbocycles. The van der Waals surface area contributed by atoms with Crippen molar-refractivity contribution in [2.24, 2.45) is 0 Å². The molecular formula is C40H34N2O4. The maximum atomic E-state index is 14.1. The molecule has 6 heteroatoms. The van der Waals surface area contributed by atoms with Gasteiger partial charge in [0.15, 0.2) is 13.2 Å². The molecule has 1 aliphatic rings. The van der Waals surface area contributed by atoms with Crippen molar-refractivity contribution in [1.29, 1.82) is 0 Å². The Hall–Kier alpha value is -5.62. The van der Waals surface area contributed by atoms with Crippen LogP contribution in [0.25, 0.3) is 21.5 Å². The van der Waals surface area contributed by atoms with Crippen LogP contribution in [0.2, 0.25) is 0 Å². The lowest BCUT2D eigenvalue weighted by Gasteiger charge is -2.43. The largest absolute Gasteiger partial charge is 0.484 e. The highest BCUT2D eigenvalue weighted by Crippen LogP contribution is 2.42. The van der Waals surface area contributed by atoms with Crippen LogP contribution in [0, 0.1) is 0 Å². The predicted molar refractivity (Wildman–Crippen MR) is 184 cm³/mol. The Kier molecular flexibility index (Phi) is 8.09. The van der Waals surface area contributed by atoms with E-state index in [1.165, 1.54) is 0 Å². The molecule has 6 aromatic carbocycles. The number of fused-ring (bicyclic) bond motifs is 3.